The molecule has 1 amide bonds. The van der Waals surface area contributed by atoms with E-state index in [1.54, 1.807) is 61.7 Å². The Kier molecular flexibility index (Phi) is 5.98. The van der Waals surface area contributed by atoms with Crippen molar-refractivity contribution in [3.8, 4) is 11.5 Å². The first-order valence-corrected chi connectivity index (χ1v) is 10.3. The van der Waals surface area contributed by atoms with E-state index in [1.165, 1.54) is 17.2 Å². The molecule has 32 heavy (non-hydrogen) atoms. The van der Waals surface area contributed by atoms with Gasteiger partial charge in [-0.1, -0.05) is 19.1 Å². The zero-order valence-electron chi connectivity index (χ0n) is 17.8. The molecule has 0 bridgehead atoms. The number of aliphatic hydroxyl groups excluding tert-OH is 1. The van der Waals surface area contributed by atoms with Gasteiger partial charge in [0.2, 0.25) is 5.78 Å². The quantitative estimate of drug-likeness (QED) is 0.511. The van der Waals surface area contributed by atoms with Crippen LogP contribution in [0.5, 0.6) is 11.5 Å². The van der Waals surface area contributed by atoms with Crippen LogP contribution in [0.15, 0.2) is 82.7 Å². The normalized spacial score (nSPS) is 15.9. The first-order valence-electron chi connectivity index (χ1n) is 10.3. The highest BCUT2D eigenvalue weighted by Gasteiger charge is 2.45. The lowest BCUT2D eigenvalue weighted by atomic mass is 9.94. The third-order valence-electron chi connectivity index (χ3n) is 5.22. The lowest BCUT2D eigenvalue weighted by molar-refractivity contribution is -0.117. The third kappa shape index (κ3) is 3.85. The molecule has 2 aromatic carbocycles. The third-order valence-corrected chi connectivity index (χ3v) is 5.22. The van der Waals surface area contributed by atoms with Crippen molar-refractivity contribution in [1.82, 2.24) is 0 Å². The number of furan rings is 1. The van der Waals surface area contributed by atoms with E-state index < -0.39 is 23.5 Å². The van der Waals surface area contributed by atoms with Gasteiger partial charge < -0.3 is 19.0 Å². The van der Waals surface area contributed by atoms with Gasteiger partial charge >= 0.3 is 0 Å². The number of carbonyl (C=O) groups is 2. The van der Waals surface area contributed by atoms with Crippen LogP contribution in [0.3, 0.4) is 0 Å². The Labute approximate surface area is 185 Å². The molecule has 0 fully saturated rings. The highest BCUT2D eigenvalue weighted by molar-refractivity contribution is 6.20. The summed E-state index contributed by atoms with van der Waals surface area (Å²) in [5.74, 6) is -0.460. The Morgan fingerprint density at radius 1 is 1.06 bits per heavy atom. The van der Waals surface area contributed by atoms with E-state index in [-0.39, 0.29) is 11.3 Å². The van der Waals surface area contributed by atoms with Crippen LogP contribution in [0.1, 0.15) is 35.5 Å². The molecule has 0 spiro atoms. The van der Waals surface area contributed by atoms with Gasteiger partial charge in [0.25, 0.3) is 5.91 Å². The summed E-state index contributed by atoms with van der Waals surface area (Å²) >= 11 is 0. The number of benzene rings is 2. The van der Waals surface area contributed by atoms with Crippen molar-refractivity contribution in [3.63, 3.8) is 0 Å². The van der Waals surface area contributed by atoms with E-state index in [0.29, 0.717) is 29.4 Å². The zero-order chi connectivity index (χ0) is 22.7. The first kappa shape index (κ1) is 21.2. The molecule has 1 aliphatic rings. The molecular formula is C25H23NO6. The van der Waals surface area contributed by atoms with E-state index in [0.717, 1.165) is 6.42 Å². The molecule has 7 nitrogen and oxygen atoms in total. The first-order chi connectivity index (χ1) is 15.5. The van der Waals surface area contributed by atoms with Gasteiger partial charge in [0, 0.05) is 5.69 Å². The number of hydrogen-bond donors (Lipinski definition) is 1. The summed E-state index contributed by atoms with van der Waals surface area (Å²) in [4.78, 5) is 27.7. The van der Waals surface area contributed by atoms with Crippen molar-refractivity contribution in [3.05, 3.63) is 89.6 Å². The van der Waals surface area contributed by atoms with Crippen LogP contribution >= 0.6 is 0 Å². The van der Waals surface area contributed by atoms with Crippen LogP contribution in [0, 0.1) is 0 Å². The summed E-state index contributed by atoms with van der Waals surface area (Å²) in [5, 5.41) is 10.7. The van der Waals surface area contributed by atoms with Gasteiger partial charge in [-0.15, -0.1) is 0 Å². The number of aliphatic hydroxyl groups is 1. The molecule has 1 N–H and O–H groups in total. The molecule has 3 aromatic rings. The summed E-state index contributed by atoms with van der Waals surface area (Å²) in [6, 6.07) is 16.2. The number of anilines is 1. The van der Waals surface area contributed by atoms with E-state index in [2.05, 4.69) is 0 Å². The second kappa shape index (κ2) is 9.01. The number of methoxy groups -OCH3 is 1. The fraction of sp³-hybridized carbons (Fsp3) is 0.200. The van der Waals surface area contributed by atoms with Crippen molar-refractivity contribution < 1.29 is 28.6 Å². The standard InChI is InChI=1S/C25H23NO6/c1-3-14-31-19-10-6-16(7-11-19)22-21(23(27)20-5-4-15-32-20)24(28)25(29)26(22)17-8-12-18(30-2)13-9-17/h4-13,15,22,28H,3,14H2,1-2H3. The van der Waals surface area contributed by atoms with E-state index in [4.69, 9.17) is 13.9 Å². The topological polar surface area (TPSA) is 89.2 Å². The molecule has 0 saturated carbocycles. The number of hydrogen-bond acceptors (Lipinski definition) is 6. The number of ether oxygens (including phenoxy) is 2. The molecule has 4 rings (SSSR count). The molecule has 1 unspecified atom stereocenters. The van der Waals surface area contributed by atoms with Crippen molar-refractivity contribution in [2.45, 2.75) is 19.4 Å². The molecule has 7 heteroatoms. The maximum atomic E-state index is 13.2. The van der Waals surface area contributed by atoms with Crippen molar-refractivity contribution >= 4 is 17.4 Å². The summed E-state index contributed by atoms with van der Waals surface area (Å²) in [6.45, 7) is 2.60. The Morgan fingerprint density at radius 3 is 2.34 bits per heavy atom. The summed E-state index contributed by atoms with van der Waals surface area (Å²) in [6.07, 6.45) is 2.25. The smallest absolute Gasteiger partial charge is 0.294 e. The summed E-state index contributed by atoms with van der Waals surface area (Å²) in [5.41, 5.74) is 1.13. The average Bonchev–Trinajstić information content (AvgIpc) is 3.45. The lowest BCUT2D eigenvalue weighted by Crippen LogP contribution is -2.31. The van der Waals surface area contributed by atoms with E-state index >= 15 is 0 Å². The Morgan fingerprint density at radius 2 is 1.75 bits per heavy atom. The Bertz CT molecular complexity index is 1130. The van der Waals surface area contributed by atoms with Crippen molar-refractivity contribution in [2.75, 3.05) is 18.6 Å². The van der Waals surface area contributed by atoms with Crippen molar-refractivity contribution in [2.24, 2.45) is 0 Å². The van der Waals surface area contributed by atoms with Crippen LogP contribution in [-0.4, -0.2) is 30.5 Å². The van der Waals surface area contributed by atoms with Crippen LogP contribution in [0.25, 0.3) is 0 Å². The van der Waals surface area contributed by atoms with Crippen LogP contribution in [-0.2, 0) is 4.79 Å². The highest BCUT2D eigenvalue weighted by atomic mass is 16.5. The minimum Gasteiger partial charge on any atom is -0.503 e. The minimum absolute atomic E-state index is 0.0389. The molecule has 0 saturated heterocycles. The van der Waals surface area contributed by atoms with Crippen LogP contribution < -0.4 is 14.4 Å². The molecule has 1 aliphatic heterocycles. The van der Waals surface area contributed by atoms with Gasteiger partial charge in [-0.25, -0.2) is 0 Å². The fourth-order valence-electron chi connectivity index (χ4n) is 3.67. The molecular weight excluding hydrogens is 410 g/mol. The zero-order valence-corrected chi connectivity index (χ0v) is 17.8. The number of amides is 1. The molecule has 2 heterocycles. The van der Waals surface area contributed by atoms with Gasteiger partial charge in [-0.2, -0.15) is 0 Å². The van der Waals surface area contributed by atoms with Gasteiger partial charge in [-0.05, 0) is 60.5 Å². The summed E-state index contributed by atoms with van der Waals surface area (Å²) < 4.78 is 16.1. The van der Waals surface area contributed by atoms with Crippen molar-refractivity contribution in [1.29, 1.82) is 0 Å². The number of carbonyl (C=O) groups excluding carboxylic acids is 2. The van der Waals surface area contributed by atoms with E-state index in [9.17, 15) is 14.7 Å². The van der Waals surface area contributed by atoms with E-state index in [1.807, 2.05) is 6.92 Å². The Balaban J connectivity index is 1.79. The second-order valence-electron chi connectivity index (χ2n) is 7.26. The fourth-order valence-corrected chi connectivity index (χ4v) is 3.67. The minimum atomic E-state index is -0.839. The maximum Gasteiger partial charge on any atom is 0.294 e. The predicted molar refractivity (Wildman–Crippen MR) is 118 cm³/mol. The molecule has 0 radical (unpaired) electrons. The molecule has 1 atom stereocenters. The Hall–Kier alpha value is -4.00. The SMILES string of the molecule is CCCOc1ccc(C2C(C(=O)c3ccco3)=C(O)C(=O)N2c2ccc(OC)cc2)cc1. The lowest BCUT2D eigenvalue weighted by Gasteiger charge is -2.27. The number of nitrogens with zero attached hydrogens (tertiary/aromatic N) is 1. The predicted octanol–water partition coefficient (Wildman–Crippen LogP) is 4.86. The van der Waals surface area contributed by atoms with Gasteiger partial charge in [0.15, 0.2) is 11.5 Å². The van der Waals surface area contributed by atoms with Crippen LogP contribution in [0.4, 0.5) is 5.69 Å². The average molecular weight is 433 g/mol. The maximum absolute atomic E-state index is 13.2. The number of ketones is 1. The second-order valence-corrected chi connectivity index (χ2v) is 7.26. The number of Topliss-reactive ketones (excluding diaryl/α,β-unsaturated/α-hetero) is 1. The summed E-state index contributed by atoms with van der Waals surface area (Å²) in [7, 11) is 1.55. The van der Waals surface area contributed by atoms with Gasteiger partial charge in [-0.3, -0.25) is 14.5 Å². The highest BCUT2D eigenvalue weighted by Crippen LogP contribution is 2.42. The van der Waals surface area contributed by atoms with Gasteiger partial charge in [0.05, 0.1) is 31.6 Å². The molecule has 164 valence electrons. The van der Waals surface area contributed by atoms with Gasteiger partial charge in [0.1, 0.15) is 11.5 Å². The van der Waals surface area contributed by atoms with Crippen LogP contribution in [0.2, 0.25) is 0 Å². The largest absolute Gasteiger partial charge is 0.503 e. The number of rotatable bonds is 8. The molecule has 1 aromatic heterocycles. The molecule has 0 aliphatic carbocycles. The monoisotopic (exact) mass is 433 g/mol.